The maximum atomic E-state index is 12.5. The monoisotopic (exact) mass is 303 g/mol. The van der Waals surface area contributed by atoms with Crippen LogP contribution in [0.2, 0.25) is 0 Å². The lowest BCUT2D eigenvalue weighted by Gasteiger charge is -2.28. The SMILES string of the molecule is CC(C)(O[N+](=O)[O-])C1CC2=C(O1)C(=O)c1ccccc1C2=O. The van der Waals surface area contributed by atoms with Gasteiger partial charge in [0.15, 0.2) is 11.5 Å². The zero-order chi connectivity index (χ0) is 16.1. The van der Waals surface area contributed by atoms with Crippen molar-refractivity contribution in [3.8, 4) is 0 Å². The molecule has 7 heteroatoms. The number of ether oxygens (including phenoxy) is 1. The van der Waals surface area contributed by atoms with Gasteiger partial charge in [-0.2, -0.15) is 0 Å². The Kier molecular flexibility index (Phi) is 3.01. The van der Waals surface area contributed by atoms with Gasteiger partial charge in [-0.3, -0.25) is 9.59 Å². The van der Waals surface area contributed by atoms with Crippen molar-refractivity contribution < 1.29 is 24.3 Å². The normalized spacial score (nSPS) is 20.4. The summed E-state index contributed by atoms with van der Waals surface area (Å²) in [6, 6.07) is 6.50. The van der Waals surface area contributed by atoms with Gasteiger partial charge in [-0.1, -0.05) is 24.3 Å². The predicted molar refractivity (Wildman–Crippen MR) is 73.8 cm³/mol. The summed E-state index contributed by atoms with van der Waals surface area (Å²) in [7, 11) is 0. The van der Waals surface area contributed by atoms with Gasteiger partial charge in [0.1, 0.15) is 11.7 Å². The van der Waals surface area contributed by atoms with Crippen molar-refractivity contribution in [2.24, 2.45) is 0 Å². The Hall–Kier alpha value is -2.70. The molecule has 1 aliphatic heterocycles. The van der Waals surface area contributed by atoms with E-state index < -0.39 is 16.8 Å². The van der Waals surface area contributed by atoms with E-state index in [0.29, 0.717) is 11.1 Å². The number of benzene rings is 1. The lowest BCUT2D eigenvalue weighted by Crippen LogP contribution is -2.41. The van der Waals surface area contributed by atoms with Gasteiger partial charge in [-0.25, -0.2) is 0 Å². The number of hydrogen-bond acceptors (Lipinski definition) is 6. The van der Waals surface area contributed by atoms with Gasteiger partial charge in [0.2, 0.25) is 5.78 Å². The van der Waals surface area contributed by atoms with E-state index in [4.69, 9.17) is 4.74 Å². The van der Waals surface area contributed by atoms with Crippen molar-refractivity contribution >= 4 is 11.6 Å². The average molecular weight is 303 g/mol. The minimum atomic E-state index is -1.27. The van der Waals surface area contributed by atoms with E-state index in [1.165, 1.54) is 13.8 Å². The van der Waals surface area contributed by atoms with Gasteiger partial charge < -0.3 is 9.57 Å². The Morgan fingerprint density at radius 3 is 2.41 bits per heavy atom. The first kappa shape index (κ1) is 14.2. The second-order valence-corrected chi connectivity index (χ2v) is 5.74. The summed E-state index contributed by atoms with van der Waals surface area (Å²) in [5.74, 6) is -0.664. The van der Waals surface area contributed by atoms with Crippen molar-refractivity contribution in [2.75, 3.05) is 0 Å². The van der Waals surface area contributed by atoms with E-state index >= 15 is 0 Å². The third-order valence-corrected chi connectivity index (χ3v) is 3.91. The van der Waals surface area contributed by atoms with Crippen LogP contribution in [0.25, 0.3) is 0 Å². The zero-order valence-electron chi connectivity index (χ0n) is 12.0. The molecule has 0 N–H and O–H groups in total. The van der Waals surface area contributed by atoms with Crippen LogP contribution in [0, 0.1) is 10.1 Å². The molecular formula is C15H13NO6. The smallest absolute Gasteiger partial charge is 0.295 e. The van der Waals surface area contributed by atoms with E-state index in [-0.39, 0.29) is 29.3 Å². The lowest BCUT2D eigenvalue weighted by atomic mass is 9.86. The van der Waals surface area contributed by atoms with Crippen molar-refractivity contribution in [3.63, 3.8) is 0 Å². The molecule has 0 aromatic heterocycles. The molecule has 22 heavy (non-hydrogen) atoms. The molecule has 0 amide bonds. The first-order chi connectivity index (χ1) is 10.3. The summed E-state index contributed by atoms with van der Waals surface area (Å²) in [5, 5.41) is 9.67. The highest BCUT2D eigenvalue weighted by molar-refractivity contribution is 6.26. The minimum absolute atomic E-state index is 0.0197. The van der Waals surface area contributed by atoms with Gasteiger partial charge in [-0.15, -0.1) is 10.1 Å². The van der Waals surface area contributed by atoms with Crippen LogP contribution in [0.4, 0.5) is 0 Å². The Morgan fingerprint density at radius 2 is 1.82 bits per heavy atom. The molecule has 1 aliphatic carbocycles. The molecule has 1 unspecified atom stereocenters. The van der Waals surface area contributed by atoms with E-state index in [0.717, 1.165) is 0 Å². The molecule has 7 nitrogen and oxygen atoms in total. The maximum absolute atomic E-state index is 12.5. The second kappa shape index (κ2) is 4.66. The summed E-state index contributed by atoms with van der Waals surface area (Å²) in [6.45, 7) is 2.97. The molecule has 1 heterocycles. The Morgan fingerprint density at radius 1 is 1.23 bits per heavy atom. The molecular weight excluding hydrogens is 290 g/mol. The molecule has 0 saturated carbocycles. The third kappa shape index (κ3) is 2.05. The van der Waals surface area contributed by atoms with Crippen molar-refractivity contribution in [3.05, 3.63) is 56.8 Å². The van der Waals surface area contributed by atoms with E-state index in [1.54, 1.807) is 24.3 Å². The molecule has 0 radical (unpaired) electrons. The highest BCUT2D eigenvalue weighted by Crippen LogP contribution is 2.39. The number of carbonyl (C=O) groups excluding carboxylic acids is 2. The van der Waals surface area contributed by atoms with Crippen LogP contribution < -0.4 is 0 Å². The van der Waals surface area contributed by atoms with Crippen LogP contribution in [-0.2, 0) is 9.57 Å². The van der Waals surface area contributed by atoms with Crippen LogP contribution in [0.5, 0.6) is 0 Å². The van der Waals surface area contributed by atoms with Crippen LogP contribution in [0.3, 0.4) is 0 Å². The molecule has 114 valence electrons. The highest BCUT2D eigenvalue weighted by Gasteiger charge is 2.46. The molecule has 1 aromatic carbocycles. The second-order valence-electron chi connectivity index (χ2n) is 5.74. The number of fused-ring (bicyclic) bond motifs is 1. The lowest BCUT2D eigenvalue weighted by molar-refractivity contribution is -0.781. The van der Waals surface area contributed by atoms with Crippen LogP contribution in [-0.4, -0.2) is 28.4 Å². The van der Waals surface area contributed by atoms with E-state index in [9.17, 15) is 19.7 Å². The molecule has 0 spiro atoms. The average Bonchev–Trinajstić information content (AvgIpc) is 2.90. The fraction of sp³-hybridized carbons (Fsp3) is 0.333. The molecule has 1 atom stereocenters. The fourth-order valence-corrected chi connectivity index (χ4v) is 2.72. The standard InChI is InChI=1S/C15H13NO6/c1-15(2,22-16(19)20)11-7-10-12(17)8-5-3-4-6-9(8)13(18)14(10)21-11/h3-6,11H,7H2,1-2H3. The Labute approximate surface area is 125 Å². The van der Waals surface area contributed by atoms with Gasteiger partial charge in [0.25, 0.3) is 5.09 Å². The predicted octanol–water partition coefficient (Wildman–Crippen LogP) is 2.10. The number of ketones is 2. The van der Waals surface area contributed by atoms with E-state index in [2.05, 4.69) is 4.84 Å². The first-order valence-electron chi connectivity index (χ1n) is 6.73. The van der Waals surface area contributed by atoms with Gasteiger partial charge >= 0.3 is 0 Å². The van der Waals surface area contributed by atoms with Crippen LogP contribution in [0.15, 0.2) is 35.6 Å². The zero-order valence-corrected chi connectivity index (χ0v) is 12.0. The molecule has 2 aliphatic rings. The largest absolute Gasteiger partial charge is 0.483 e. The number of nitrogens with zero attached hydrogens (tertiary/aromatic N) is 1. The first-order valence-corrected chi connectivity index (χ1v) is 6.73. The maximum Gasteiger partial charge on any atom is 0.295 e. The van der Waals surface area contributed by atoms with E-state index in [1.807, 2.05) is 0 Å². The van der Waals surface area contributed by atoms with Crippen LogP contribution in [0.1, 0.15) is 41.0 Å². The van der Waals surface area contributed by atoms with Crippen molar-refractivity contribution in [1.82, 2.24) is 0 Å². The number of allylic oxidation sites excluding steroid dienone is 1. The van der Waals surface area contributed by atoms with Gasteiger partial charge in [0.05, 0.1) is 5.57 Å². The Bertz CT molecular complexity index is 686. The molecule has 3 rings (SSSR count). The molecule has 0 fully saturated rings. The summed E-state index contributed by atoms with van der Waals surface area (Å²) in [5.41, 5.74) is -0.384. The Balaban J connectivity index is 1.93. The number of rotatable bonds is 3. The van der Waals surface area contributed by atoms with Gasteiger partial charge in [-0.05, 0) is 13.8 Å². The number of carbonyl (C=O) groups is 2. The minimum Gasteiger partial charge on any atom is -0.483 e. The number of Topliss-reactive ketones (excluding diaryl/α,β-unsaturated/α-hetero) is 2. The topological polar surface area (TPSA) is 95.7 Å². The quantitative estimate of drug-likeness (QED) is 0.626. The molecule has 1 aromatic rings. The highest BCUT2D eigenvalue weighted by atomic mass is 17.0. The van der Waals surface area contributed by atoms with Gasteiger partial charge in [0, 0.05) is 17.5 Å². The number of hydrogen-bond donors (Lipinski definition) is 0. The van der Waals surface area contributed by atoms with Crippen molar-refractivity contribution in [1.29, 1.82) is 0 Å². The fourth-order valence-electron chi connectivity index (χ4n) is 2.72. The molecule has 0 saturated heterocycles. The summed E-state index contributed by atoms with van der Waals surface area (Å²) in [4.78, 5) is 40.1. The summed E-state index contributed by atoms with van der Waals surface area (Å²) >= 11 is 0. The van der Waals surface area contributed by atoms with Crippen LogP contribution >= 0.6 is 0 Å². The third-order valence-electron chi connectivity index (χ3n) is 3.91. The summed E-state index contributed by atoms with van der Waals surface area (Å²) in [6.07, 6.45) is -0.667. The van der Waals surface area contributed by atoms with Crippen molar-refractivity contribution in [2.45, 2.75) is 32.0 Å². The summed E-state index contributed by atoms with van der Waals surface area (Å²) < 4.78 is 5.55. The molecule has 0 bridgehead atoms.